The summed E-state index contributed by atoms with van der Waals surface area (Å²) in [7, 11) is 0. The second kappa shape index (κ2) is 5.52. The summed E-state index contributed by atoms with van der Waals surface area (Å²) in [5.41, 5.74) is 3.17. The zero-order valence-electron chi connectivity index (χ0n) is 11.1. The number of hydrogen-bond donors (Lipinski definition) is 0. The zero-order valence-corrected chi connectivity index (χ0v) is 12.6. The molecule has 104 valence electrons. The van der Waals surface area contributed by atoms with Crippen molar-refractivity contribution in [2.24, 2.45) is 0 Å². The SMILES string of the molecule is [C-]#[N+]c1ccc2c(c1)C(=O)CC[C@H]2c1ccc(Cl)c(Cl)c1. The summed E-state index contributed by atoms with van der Waals surface area (Å²) in [5, 5.41) is 1.04. The number of rotatable bonds is 1. The maximum absolute atomic E-state index is 12.1. The van der Waals surface area contributed by atoms with Crippen molar-refractivity contribution in [3.8, 4) is 0 Å². The molecule has 0 aliphatic heterocycles. The lowest BCUT2D eigenvalue weighted by Gasteiger charge is -2.25. The number of benzene rings is 2. The Morgan fingerprint density at radius 2 is 1.90 bits per heavy atom. The van der Waals surface area contributed by atoms with E-state index in [0.29, 0.717) is 27.7 Å². The molecule has 0 saturated heterocycles. The Kier molecular flexibility index (Phi) is 3.71. The monoisotopic (exact) mass is 315 g/mol. The van der Waals surface area contributed by atoms with Gasteiger partial charge in [0.2, 0.25) is 0 Å². The maximum Gasteiger partial charge on any atom is 0.187 e. The molecule has 0 heterocycles. The van der Waals surface area contributed by atoms with E-state index in [9.17, 15) is 4.79 Å². The van der Waals surface area contributed by atoms with Crippen molar-refractivity contribution in [3.05, 3.63) is 74.6 Å². The fourth-order valence-corrected chi connectivity index (χ4v) is 3.11. The molecule has 2 aromatic rings. The third kappa shape index (κ3) is 2.55. The molecule has 0 unspecified atom stereocenters. The molecule has 4 heteroatoms. The molecule has 2 nitrogen and oxygen atoms in total. The summed E-state index contributed by atoms with van der Waals surface area (Å²) in [4.78, 5) is 15.5. The summed E-state index contributed by atoms with van der Waals surface area (Å²) in [6.45, 7) is 7.07. The quantitative estimate of drug-likeness (QED) is 0.623. The fraction of sp³-hybridized carbons (Fsp3) is 0.176. The molecule has 0 saturated carbocycles. The number of hydrogen-bond acceptors (Lipinski definition) is 1. The molecule has 0 fully saturated rings. The van der Waals surface area contributed by atoms with Crippen LogP contribution in [0.15, 0.2) is 36.4 Å². The van der Waals surface area contributed by atoms with Crippen LogP contribution in [0.5, 0.6) is 0 Å². The predicted octanol–water partition coefficient (Wildman–Crippen LogP) is 5.65. The van der Waals surface area contributed by atoms with E-state index in [-0.39, 0.29) is 11.7 Å². The highest BCUT2D eigenvalue weighted by atomic mass is 35.5. The second-order valence-electron chi connectivity index (χ2n) is 5.07. The first kappa shape index (κ1) is 14.1. The van der Waals surface area contributed by atoms with Crippen LogP contribution < -0.4 is 0 Å². The average Bonchev–Trinajstić information content (AvgIpc) is 2.50. The molecular formula is C17H11Cl2NO. The molecule has 2 aromatic carbocycles. The Labute approximate surface area is 133 Å². The minimum Gasteiger partial charge on any atom is -0.294 e. The van der Waals surface area contributed by atoms with E-state index in [1.807, 2.05) is 18.2 Å². The fourth-order valence-electron chi connectivity index (χ4n) is 2.80. The smallest absolute Gasteiger partial charge is 0.187 e. The number of ketones is 1. The van der Waals surface area contributed by atoms with E-state index in [1.54, 1.807) is 18.2 Å². The third-order valence-corrected chi connectivity index (χ3v) is 4.59. The second-order valence-corrected chi connectivity index (χ2v) is 5.89. The van der Waals surface area contributed by atoms with Crippen molar-refractivity contribution in [1.29, 1.82) is 0 Å². The van der Waals surface area contributed by atoms with Gasteiger partial charge in [0.15, 0.2) is 11.5 Å². The van der Waals surface area contributed by atoms with E-state index in [2.05, 4.69) is 4.85 Å². The molecule has 0 spiro atoms. The van der Waals surface area contributed by atoms with E-state index in [0.717, 1.165) is 17.5 Å². The topological polar surface area (TPSA) is 21.4 Å². The molecule has 1 atom stereocenters. The number of nitrogens with zero attached hydrogens (tertiary/aromatic N) is 1. The van der Waals surface area contributed by atoms with Crippen LogP contribution >= 0.6 is 23.2 Å². The summed E-state index contributed by atoms with van der Waals surface area (Å²) in [5.74, 6) is 0.221. The van der Waals surface area contributed by atoms with Crippen molar-refractivity contribution in [2.45, 2.75) is 18.8 Å². The Morgan fingerprint density at radius 1 is 1.10 bits per heavy atom. The molecule has 0 bridgehead atoms. The summed E-state index contributed by atoms with van der Waals surface area (Å²) in [6, 6.07) is 10.9. The van der Waals surface area contributed by atoms with Crippen LogP contribution in [0.25, 0.3) is 4.85 Å². The number of carbonyl (C=O) groups is 1. The Morgan fingerprint density at radius 3 is 2.62 bits per heavy atom. The number of carbonyl (C=O) groups excluding carboxylic acids is 1. The highest BCUT2D eigenvalue weighted by molar-refractivity contribution is 6.42. The van der Waals surface area contributed by atoms with Gasteiger partial charge < -0.3 is 0 Å². The number of fused-ring (bicyclic) bond motifs is 1. The van der Waals surface area contributed by atoms with Gasteiger partial charge >= 0.3 is 0 Å². The van der Waals surface area contributed by atoms with E-state index < -0.39 is 0 Å². The molecule has 1 aliphatic carbocycles. The third-order valence-electron chi connectivity index (χ3n) is 3.85. The first-order chi connectivity index (χ1) is 10.1. The summed E-state index contributed by atoms with van der Waals surface area (Å²) < 4.78 is 0. The standard InChI is InChI=1S/C17H11Cl2NO/c1-20-11-3-4-13-12(5-7-17(21)14(13)9-11)10-2-6-15(18)16(19)8-10/h2-4,6,8-9,12H,5,7H2/t12-/m0/s1. The van der Waals surface area contributed by atoms with Crippen LogP contribution in [0.1, 0.15) is 40.2 Å². The normalized spacial score (nSPS) is 17.2. The predicted molar refractivity (Wildman–Crippen MR) is 84.6 cm³/mol. The van der Waals surface area contributed by atoms with Gasteiger partial charge in [-0.15, -0.1) is 0 Å². The maximum atomic E-state index is 12.1. The van der Waals surface area contributed by atoms with Gasteiger partial charge in [-0.2, -0.15) is 0 Å². The molecular weight excluding hydrogens is 305 g/mol. The minimum absolute atomic E-state index is 0.104. The number of Topliss-reactive ketones (excluding diaryl/α,β-unsaturated/α-hetero) is 1. The molecule has 0 amide bonds. The van der Waals surface area contributed by atoms with Gasteiger partial charge in [-0.05, 0) is 35.7 Å². The van der Waals surface area contributed by atoms with Gasteiger partial charge in [0.25, 0.3) is 0 Å². The lowest BCUT2D eigenvalue weighted by molar-refractivity contribution is 0.0969. The Bertz CT molecular complexity index is 777. The van der Waals surface area contributed by atoms with Crippen LogP contribution in [-0.4, -0.2) is 5.78 Å². The molecule has 0 radical (unpaired) electrons. The van der Waals surface area contributed by atoms with Crippen molar-refractivity contribution in [2.75, 3.05) is 0 Å². The lowest BCUT2D eigenvalue weighted by Crippen LogP contribution is -2.16. The van der Waals surface area contributed by atoms with Gasteiger partial charge in [0, 0.05) is 17.9 Å². The van der Waals surface area contributed by atoms with E-state index in [4.69, 9.17) is 29.8 Å². The molecule has 0 aromatic heterocycles. The van der Waals surface area contributed by atoms with Gasteiger partial charge in [-0.3, -0.25) is 4.79 Å². The van der Waals surface area contributed by atoms with Gasteiger partial charge in [0.1, 0.15) is 0 Å². The minimum atomic E-state index is 0.104. The largest absolute Gasteiger partial charge is 0.294 e. The highest BCUT2D eigenvalue weighted by Crippen LogP contribution is 2.39. The summed E-state index contributed by atoms with van der Waals surface area (Å²) >= 11 is 12.1. The van der Waals surface area contributed by atoms with Crippen LogP contribution in [0.2, 0.25) is 10.0 Å². The first-order valence-corrected chi connectivity index (χ1v) is 7.35. The Balaban J connectivity index is 2.11. The average molecular weight is 316 g/mol. The van der Waals surface area contributed by atoms with E-state index in [1.165, 1.54) is 0 Å². The molecule has 3 rings (SSSR count). The molecule has 0 N–H and O–H groups in total. The lowest BCUT2D eigenvalue weighted by atomic mass is 9.78. The van der Waals surface area contributed by atoms with Gasteiger partial charge in [-0.25, -0.2) is 4.85 Å². The van der Waals surface area contributed by atoms with E-state index >= 15 is 0 Å². The molecule has 1 aliphatic rings. The van der Waals surface area contributed by atoms with Crippen LogP contribution in [0.3, 0.4) is 0 Å². The van der Waals surface area contributed by atoms with Crippen molar-refractivity contribution in [1.82, 2.24) is 0 Å². The van der Waals surface area contributed by atoms with Crippen molar-refractivity contribution in [3.63, 3.8) is 0 Å². The van der Waals surface area contributed by atoms with Crippen molar-refractivity contribution >= 4 is 34.7 Å². The highest BCUT2D eigenvalue weighted by Gasteiger charge is 2.27. The summed E-state index contributed by atoms with van der Waals surface area (Å²) in [6.07, 6.45) is 1.24. The first-order valence-electron chi connectivity index (χ1n) is 6.59. The van der Waals surface area contributed by atoms with Crippen LogP contribution in [-0.2, 0) is 0 Å². The Hall–Kier alpha value is -1.82. The van der Waals surface area contributed by atoms with Gasteiger partial charge in [-0.1, -0.05) is 41.4 Å². The van der Waals surface area contributed by atoms with Crippen LogP contribution in [0.4, 0.5) is 5.69 Å². The van der Waals surface area contributed by atoms with Crippen LogP contribution in [0, 0.1) is 6.57 Å². The molecule has 21 heavy (non-hydrogen) atoms. The zero-order chi connectivity index (χ0) is 15.0. The van der Waals surface area contributed by atoms with Crippen molar-refractivity contribution < 1.29 is 4.79 Å². The number of halogens is 2. The van der Waals surface area contributed by atoms with Gasteiger partial charge in [0.05, 0.1) is 16.6 Å².